The lowest BCUT2D eigenvalue weighted by molar-refractivity contribution is 0.0780. The Morgan fingerprint density at radius 3 is 3.00 bits per heavy atom. The number of nitrogens with one attached hydrogen (secondary N) is 1. The molecule has 2 aromatic rings. The van der Waals surface area contributed by atoms with Gasteiger partial charge in [0.15, 0.2) is 0 Å². The highest BCUT2D eigenvalue weighted by Crippen LogP contribution is 2.14. The van der Waals surface area contributed by atoms with Crippen molar-refractivity contribution in [2.75, 3.05) is 20.1 Å². The van der Waals surface area contributed by atoms with Crippen LogP contribution in [0.1, 0.15) is 23.2 Å². The third-order valence-electron chi connectivity index (χ3n) is 3.88. The van der Waals surface area contributed by atoms with E-state index in [0.717, 1.165) is 24.8 Å². The van der Waals surface area contributed by atoms with E-state index >= 15 is 0 Å². The summed E-state index contributed by atoms with van der Waals surface area (Å²) in [7, 11) is 1.72. The fourth-order valence-electron chi connectivity index (χ4n) is 2.74. The summed E-state index contributed by atoms with van der Waals surface area (Å²) in [5, 5.41) is 4.10. The molecular formula is C16H18N2O3. The molecule has 3 rings (SSSR count). The Bertz CT molecular complexity index is 717. The first-order valence-corrected chi connectivity index (χ1v) is 7.17. The number of likely N-dealkylation sites (N-methyl/N-ethyl adjacent to an activating group) is 1. The molecule has 1 aromatic carbocycles. The molecule has 21 heavy (non-hydrogen) atoms. The van der Waals surface area contributed by atoms with Crippen LogP contribution in [-0.4, -0.2) is 37.0 Å². The summed E-state index contributed by atoms with van der Waals surface area (Å²) in [6, 6.07) is 9.12. The number of para-hydroxylation sites is 1. The van der Waals surface area contributed by atoms with Crippen LogP contribution in [0.2, 0.25) is 0 Å². The van der Waals surface area contributed by atoms with Gasteiger partial charge in [-0.25, -0.2) is 4.79 Å². The van der Waals surface area contributed by atoms with Crippen molar-refractivity contribution >= 4 is 16.9 Å². The number of carbonyl (C=O) groups is 1. The molecule has 1 N–H and O–H groups in total. The lowest BCUT2D eigenvalue weighted by Gasteiger charge is -2.21. The zero-order valence-electron chi connectivity index (χ0n) is 12.0. The minimum atomic E-state index is -0.579. The van der Waals surface area contributed by atoms with Crippen molar-refractivity contribution in [2.24, 2.45) is 0 Å². The Kier molecular flexibility index (Phi) is 3.75. The van der Waals surface area contributed by atoms with Crippen LogP contribution in [0.4, 0.5) is 0 Å². The van der Waals surface area contributed by atoms with Crippen molar-refractivity contribution in [2.45, 2.75) is 18.9 Å². The molecular weight excluding hydrogens is 268 g/mol. The summed E-state index contributed by atoms with van der Waals surface area (Å²) in [4.78, 5) is 26.0. The molecule has 0 spiro atoms. The summed E-state index contributed by atoms with van der Waals surface area (Å²) in [6.45, 7) is 1.59. The molecule has 1 saturated heterocycles. The zero-order chi connectivity index (χ0) is 14.8. The van der Waals surface area contributed by atoms with Crippen LogP contribution in [0, 0.1) is 0 Å². The molecule has 1 unspecified atom stereocenters. The van der Waals surface area contributed by atoms with Crippen LogP contribution in [0.3, 0.4) is 0 Å². The number of amides is 1. The van der Waals surface area contributed by atoms with E-state index in [-0.39, 0.29) is 11.5 Å². The molecule has 1 atom stereocenters. The smallest absolute Gasteiger partial charge is 0.349 e. The fourth-order valence-corrected chi connectivity index (χ4v) is 2.74. The van der Waals surface area contributed by atoms with Gasteiger partial charge in [-0.2, -0.15) is 0 Å². The number of hydrogen-bond donors (Lipinski definition) is 1. The van der Waals surface area contributed by atoms with Gasteiger partial charge >= 0.3 is 5.63 Å². The van der Waals surface area contributed by atoms with Gasteiger partial charge in [0.2, 0.25) is 0 Å². The predicted octanol–water partition coefficient (Wildman–Crippen LogP) is 1.62. The molecule has 0 saturated carbocycles. The quantitative estimate of drug-likeness (QED) is 0.871. The molecule has 5 heteroatoms. The summed E-state index contributed by atoms with van der Waals surface area (Å²) in [5.74, 6) is -0.289. The van der Waals surface area contributed by atoms with Crippen LogP contribution in [0.5, 0.6) is 0 Å². The van der Waals surface area contributed by atoms with Gasteiger partial charge in [0.25, 0.3) is 5.91 Å². The lowest BCUT2D eigenvalue weighted by Crippen LogP contribution is -2.40. The average molecular weight is 286 g/mol. The third-order valence-corrected chi connectivity index (χ3v) is 3.88. The standard InChI is InChI=1S/C16H18N2O3/c1-18(10-12-6-4-8-17-12)15(19)13-9-11-5-2-3-7-14(11)21-16(13)20/h2-3,5,7,9,12,17H,4,6,8,10H2,1H3. The number of nitrogens with zero attached hydrogens (tertiary/aromatic N) is 1. The van der Waals surface area contributed by atoms with E-state index in [9.17, 15) is 9.59 Å². The maximum atomic E-state index is 12.4. The van der Waals surface area contributed by atoms with Crippen molar-refractivity contribution in [1.29, 1.82) is 0 Å². The summed E-state index contributed by atoms with van der Waals surface area (Å²) in [6.07, 6.45) is 2.19. The van der Waals surface area contributed by atoms with E-state index in [4.69, 9.17) is 4.42 Å². The fraction of sp³-hybridized carbons (Fsp3) is 0.375. The predicted molar refractivity (Wildman–Crippen MR) is 80.5 cm³/mol. The molecule has 0 radical (unpaired) electrons. The number of carbonyl (C=O) groups excluding carboxylic acids is 1. The van der Waals surface area contributed by atoms with Crippen molar-refractivity contribution < 1.29 is 9.21 Å². The van der Waals surface area contributed by atoms with Gasteiger partial charge in [-0.15, -0.1) is 0 Å². The number of benzene rings is 1. The maximum Gasteiger partial charge on any atom is 0.349 e. The van der Waals surface area contributed by atoms with Gasteiger partial charge < -0.3 is 14.6 Å². The molecule has 1 aliphatic heterocycles. The Morgan fingerprint density at radius 1 is 1.43 bits per heavy atom. The Balaban J connectivity index is 1.86. The second-order valence-electron chi connectivity index (χ2n) is 5.46. The monoisotopic (exact) mass is 286 g/mol. The minimum Gasteiger partial charge on any atom is -0.422 e. The largest absolute Gasteiger partial charge is 0.422 e. The van der Waals surface area contributed by atoms with E-state index in [2.05, 4.69) is 5.32 Å². The number of fused-ring (bicyclic) bond motifs is 1. The maximum absolute atomic E-state index is 12.4. The molecule has 5 nitrogen and oxygen atoms in total. The second kappa shape index (κ2) is 5.69. The first-order chi connectivity index (χ1) is 10.1. The topological polar surface area (TPSA) is 62.6 Å². The van der Waals surface area contributed by atoms with Crippen LogP contribution in [0.25, 0.3) is 11.0 Å². The highest BCUT2D eigenvalue weighted by molar-refractivity contribution is 5.96. The van der Waals surface area contributed by atoms with Crippen molar-refractivity contribution in [3.05, 3.63) is 46.3 Å². The Morgan fingerprint density at radius 2 is 2.24 bits per heavy atom. The molecule has 1 fully saturated rings. The van der Waals surface area contributed by atoms with E-state index in [1.807, 2.05) is 12.1 Å². The van der Waals surface area contributed by atoms with Gasteiger partial charge in [-0.05, 0) is 31.5 Å². The normalized spacial score (nSPS) is 18.0. The SMILES string of the molecule is CN(CC1CCCN1)C(=O)c1cc2ccccc2oc1=O. The minimum absolute atomic E-state index is 0.0918. The van der Waals surface area contributed by atoms with Gasteiger partial charge in [-0.1, -0.05) is 18.2 Å². The first kappa shape index (κ1) is 13.8. The lowest BCUT2D eigenvalue weighted by atomic mass is 10.1. The Hall–Kier alpha value is -2.14. The molecule has 1 aliphatic rings. The van der Waals surface area contributed by atoms with Gasteiger partial charge in [0.1, 0.15) is 11.1 Å². The van der Waals surface area contributed by atoms with E-state index in [1.54, 1.807) is 30.1 Å². The van der Waals surface area contributed by atoms with Crippen molar-refractivity contribution in [3.8, 4) is 0 Å². The van der Waals surface area contributed by atoms with E-state index in [1.165, 1.54) is 0 Å². The van der Waals surface area contributed by atoms with E-state index in [0.29, 0.717) is 18.2 Å². The molecule has 1 amide bonds. The first-order valence-electron chi connectivity index (χ1n) is 7.17. The molecule has 1 aromatic heterocycles. The van der Waals surface area contributed by atoms with Gasteiger partial charge in [0.05, 0.1) is 0 Å². The summed E-state index contributed by atoms with van der Waals surface area (Å²) >= 11 is 0. The van der Waals surface area contributed by atoms with E-state index < -0.39 is 5.63 Å². The molecule has 0 bridgehead atoms. The number of rotatable bonds is 3. The van der Waals surface area contributed by atoms with Gasteiger partial charge in [0, 0.05) is 25.0 Å². The van der Waals surface area contributed by atoms with Crippen LogP contribution < -0.4 is 10.9 Å². The van der Waals surface area contributed by atoms with Crippen molar-refractivity contribution in [1.82, 2.24) is 10.2 Å². The highest BCUT2D eigenvalue weighted by Gasteiger charge is 2.22. The number of hydrogen-bond acceptors (Lipinski definition) is 4. The molecule has 2 heterocycles. The average Bonchev–Trinajstić information content (AvgIpc) is 2.98. The van der Waals surface area contributed by atoms with Gasteiger partial charge in [-0.3, -0.25) is 4.79 Å². The summed E-state index contributed by atoms with van der Waals surface area (Å²) < 4.78 is 5.22. The second-order valence-corrected chi connectivity index (χ2v) is 5.46. The summed E-state index contributed by atoms with van der Waals surface area (Å²) in [5.41, 5.74) is 0.0123. The highest BCUT2D eigenvalue weighted by atomic mass is 16.4. The van der Waals surface area contributed by atoms with Crippen molar-refractivity contribution in [3.63, 3.8) is 0 Å². The molecule has 0 aliphatic carbocycles. The van der Waals surface area contributed by atoms with Crippen LogP contribution >= 0.6 is 0 Å². The Labute approximate surface area is 122 Å². The third kappa shape index (κ3) is 2.83. The molecule has 110 valence electrons. The zero-order valence-corrected chi connectivity index (χ0v) is 12.0. The van der Waals surface area contributed by atoms with Crippen LogP contribution in [0.15, 0.2) is 39.5 Å². The van der Waals surface area contributed by atoms with Crippen LogP contribution in [-0.2, 0) is 0 Å².